The lowest BCUT2D eigenvalue weighted by molar-refractivity contribution is -0.152. The molecule has 2 heteroatoms. The van der Waals surface area contributed by atoms with E-state index in [2.05, 4.69) is 20.8 Å². The molecule has 0 aromatic heterocycles. The third-order valence-corrected chi connectivity index (χ3v) is 3.54. The van der Waals surface area contributed by atoms with Crippen molar-refractivity contribution in [3.63, 3.8) is 0 Å². The van der Waals surface area contributed by atoms with E-state index in [1.165, 1.54) is 12.8 Å². The molecular formula is C14H26O2. The molecule has 0 spiro atoms. The first-order valence-electron chi connectivity index (χ1n) is 6.73. The summed E-state index contributed by atoms with van der Waals surface area (Å²) in [5.74, 6) is 1.43. The molecule has 0 aromatic carbocycles. The monoisotopic (exact) mass is 226 g/mol. The van der Waals surface area contributed by atoms with Crippen LogP contribution in [0.4, 0.5) is 0 Å². The van der Waals surface area contributed by atoms with Gasteiger partial charge in [0.25, 0.3) is 0 Å². The first-order valence-corrected chi connectivity index (χ1v) is 6.73. The number of esters is 1. The average molecular weight is 226 g/mol. The maximum atomic E-state index is 11.9. The molecule has 0 aliphatic carbocycles. The van der Waals surface area contributed by atoms with Crippen LogP contribution >= 0.6 is 0 Å². The molecule has 4 unspecified atom stereocenters. The molecule has 94 valence electrons. The normalized spacial score (nSPS) is 33.0. The van der Waals surface area contributed by atoms with E-state index in [0.29, 0.717) is 11.8 Å². The van der Waals surface area contributed by atoms with E-state index in [-0.39, 0.29) is 18.0 Å². The number of hydrogen-bond acceptors (Lipinski definition) is 2. The predicted octanol–water partition coefficient (Wildman–Crippen LogP) is 3.79. The standard InChI is InChI=1S/C14H26O2/c1-5-6-10(2)8-13-9-11(3)7-12(4)16-14(13)15/h10-13H,5-9H2,1-4H3. The van der Waals surface area contributed by atoms with Crippen LogP contribution in [0.5, 0.6) is 0 Å². The molecule has 16 heavy (non-hydrogen) atoms. The van der Waals surface area contributed by atoms with Crippen LogP contribution in [0.3, 0.4) is 0 Å². The Morgan fingerprint density at radius 1 is 1.38 bits per heavy atom. The minimum Gasteiger partial charge on any atom is -0.462 e. The quantitative estimate of drug-likeness (QED) is 0.682. The third-order valence-electron chi connectivity index (χ3n) is 3.54. The van der Waals surface area contributed by atoms with Crippen molar-refractivity contribution in [1.82, 2.24) is 0 Å². The number of cyclic esters (lactones) is 1. The Morgan fingerprint density at radius 2 is 2.06 bits per heavy atom. The molecule has 1 saturated heterocycles. The van der Waals surface area contributed by atoms with Crippen molar-refractivity contribution < 1.29 is 9.53 Å². The predicted molar refractivity (Wildman–Crippen MR) is 66.1 cm³/mol. The minimum atomic E-state index is 0.0415. The first kappa shape index (κ1) is 13.5. The van der Waals surface area contributed by atoms with Crippen LogP contribution in [-0.2, 0) is 9.53 Å². The SMILES string of the molecule is CCCC(C)CC1CC(C)CC(C)OC1=O. The van der Waals surface area contributed by atoms with E-state index in [1.54, 1.807) is 0 Å². The van der Waals surface area contributed by atoms with Gasteiger partial charge in [-0.05, 0) is 38.0 Å². The van der Waals surface area contributed by atoms with Crippen LogP contribution in [0.25, 0.3) is 0 Å². The molecule has 0 aromatic rings. The van der Waals surface area contributed by atoms with Gasteiger partial charge >= 0.3 is 5.97 Å². The number of carbonyl (C=O) groups is 1. The summed E-state index contributed by atoms with van der Waals surface area (Å²) in [5.41, 5.74) is 0. The van der Waals surface area contributed by atoms with Crippen LogP contribution < -0.4 is 0 Å². The second kappa shape index (κ2) is 6.27. The van der Waals surface area contributed by atoms with Crippen molar-refractivity contribution in [2.24, 2.45) is 17.8 Å². The minimum absolute atomic E-state index is 0.0415. The average Bonchev–Trinajstić information content (AvgIpc) is 2.26. The van der Waals surface area contributed by atoms with Gasteiger partial charge in [0, 0.05) is 0 Å². The Kier molecular flexibility index (Phi) is 5.30. The Labute approximate surface area is 99.8 Å². The van der Waals surface area contributed by atoms with Crippen molar-refractivity contribution in [2.45, 2.75) is 65.9 Å². The fourth-order valence-corrected chi connectivity index (χ4v) is 2.88. The van der Waals surface area contributed by atoms with Gasteiger partial charge in [0.2, 0.25) is 0 Å². The molecule has 2 nitrogen and oxygen atoms in total. The molecule has 4 atom stereocenters. The van der Waals surface area contributed by atoms with E-state index in [9.17, 15) is 4.79 Å². The zero-order chi connectivity index (χ0) is 12.1. The second-order valence-electron chi connectivity index (χ2n) is 5.65. The zero-order valence-electron chi connectivity index (χ0n) is 11.2. The summed E-state index contributed by atoms with van der Waals surface area (Å²) in [6.45, 7) is 8.69. The lowest BCUT2D eigenvalue weighted by Crippen LogP contribution is -2.21. The summed E-state index contributed by atoms with van der Waals surface area (Å²) in [6.07, 6.45) is 5.56. The molecule has 1 rings (SSSR count). The van der Waals surface area contributed by atoms with Gasteiger partial charge in [0.15, 0.2) is 0 Å². The fraction of sp³-hybridized carbons (Fsp3) is 0.929. The van der Waals surface area contributed by atoms with Crippen LogP contribution in [0, 0.1) is 17.8 Å². The molecule has 0 saturated carbocycles. The molecule has 1 aliphatic rings. The van der Waals surface area contributed by atoms with Gasteiger partial charge < -0.3 is 4.74 Å². The van der Waals surface area contributed by atoms with Gasteiger partial charge in [0.05, 0.1) is 12.0 Å². The van der Waals surface area contributed by atoms with Crippen molar-refractivity contribution in [2.75, 3.05) is 0 Å². The van der Waals surface area contributed by atoms with Gasteiger partial charge in [-0.3, -0.25) is 4.79 Å². The van der Waals surface area contributed by atoms with Crippen LogP contribution in [-0.4, -0.2) is 12.1 Å². The van der Waals surface area contributed by atoms with E-state index < -0.39 is 0 Å². The maximum absolute atomic E-state index is 11.9. The number of carbonyl (C=O) groups excluding carboxylic acids is 1. The fourth-order valence-electron chi connectivity index (χ4n) is 2.88. The van der Waals surface area contributed by atoms with Gasteiger partial charge in [0.1, 0.15) is 0 Å². The molecule has 0 radical (unpaired) electrons. The van der Waals surface area contributed by atoms with Crippen LogP contribution in [0.15, 0.2) is 0 Å². The summed E-state index contributed by atoms with van der Waals surface area (Å²) >= 11 is 0. The summed E-state index contributed by atoms with van der Waals surface area (Å²) in [6, 6.07) is 0. The lowest BCUT2D eigenvalue weighted by atomic mass is 9.86. The molecule has 1 fully saturated rings. The molecule has 0 bridgehead atoms. The van der Waals surface area contributed by atoms with Gasteiger partial charge in [-0.2, -0.15) is 0 Å². The number of ether oxygens (including phenoxy) is 1. The molecule has 0 amide bonds. The summed E-state index contributed by atoms with van der Waals surface area (Å²) in [5, 5.41) is 0. The zero-order valence-corrected chi connectivity index (χ0v) is 11.2. The highest BCUT2D eigenvalue weighted by atomic mass is 16.5. The molecule has 0 N–H and O–H groups in total. The van der Waals surface area contributed by atoms with E-state index in [1.807, 2.05) is 6.92 Å². The highest BCUT2D eigenvalue weighted by Crippen LogP contribution is 2.29. The molecule has 1 aliphatic heterocycles. The lowest BCUT2D eigenvalue weighted by Gasteiger charge is -2.18. The Bertz CT molecular complexity index is 225. The Balaban J connectivity index is 2.53. The van der Waals surface area contributed by atoms with E-state index in [0.717, 1.165) is 19.3 Å². The third kappa shape index (κ3) is 4.15. The Hall–Kier alpha value is -0.530. The number of hydrogen-bond donors (Lipinski definition) is 0. The van der Waals surface area contributed by atoms with Gasteiger partial charge in [-0.15, -0.1) is 0 Å². The summed E-state index contributed by atoms with van der Waals surface area (Å²) < 4.78 is 5.43. The van der Waals surface area contributed by atoms with Gasteiger partial charge in [-0.1, -0.05) is 33.6 Å². The van der Waals surface area contributed by atoms with Crippen molar-refractivity contribution >= 4 is 5.97 Å². The van der Waals surface area contributed by atoms with Crippen LogP contribution in [0.1, 0.15) is 59.8 Å². The largest absolute Gasteiger partial charge is 0.462 e. The number of rotatable bonds is 4. The molecular weight excluding hydrogens is 200 g/mol. The first-order chi connectivity index (χ1) is 7.52. The van der Waals surface area contributed by atoms with E-state index >= 15 is 0 Å². The van der Waals surface area contributed by atoms with E-state index in [4.69, 9.17) is 4.74 Å². The summed E-state index contributed by atoms with van der Waals surface area (Å²) in [7, 11) is 0. The highest BCUT2D eigenvalue weighted by Gasteiger charge is 2.29. The highest BCUT2D eigenvalue weighted by molar-refractivity contribution is 5.72. The van der Waals surface area contributed by atoms with Crippen molar-refractivity contribution in [3.8, 4) is 0 Å². The van der Waals surface area contributed by atoms with Gasteiger partial charge in [-0.25, -0.2) is 0 Å². The van der Waals surface area contributed by atoms with Crippen LogP contribution in [0.2, 0.25) is 0 Å². The topological polar surface area (TPSA) is 26.3 Å². The second-order valence-corrected chi connectivity index (χ2v) is 5.65. The van der Waals surface area contributed by atoms with Crippen molar-refractivity contribution in [1.29, 1.82) is 0 Å². The molecule has 1 heterocycles. The maximum Gasteiger partial charge on any atom is 0.309 e. The van der Waals surface area contributed by atoms with Crippen molar-refractivity contribution in [3.05, 3.63) is 0 Å². The summed E-state index contributed by atoms with van der Waals surface area (Å²) in [4.78, 5) is 11.9. The smallest absolute Gasteiger partial charge is 0.309 e. The Morgan fingerprint density at radius 3 is 2.69 bits per heavy atom.